The zero-order valence-electron chi connectivity index (χ0n) is 12.2. The Morgan fingerprint density at radius 2 is 1.89 bits per heavy atom. The van der Waals surface area contributed by atoms with Gasteiger partial charge in [-0.3, -0.25) is 4.79 Å². The number of aliphatic hydroxyl groups excluding tert-OH is 1. The summed E-state index contributed by atoms with van der Waals surface area (Å²) in [6.07, 6.45) is 4.17. The number of hydrogen-bond acceptors (Lipinski definition) is 3. The van der Waals surface area contributed by atoms with E-state index in [9.17, 15) is 4.79 Å². The third kappa shape index (κ3) is 9.42. The van der Waals surface area contributed by atoms with Gasteiger partial charge < -0.3 is 15.3 Å². The molecule has 1 unspecified atom stereocenters. The van der Waals surface area contributed by atoms with Crippen LogP contribution in [0, 0.1) is 0 Å². The summed E-state index contributed by atoms with van der Waals surface area (Å²) in [5.41, 5.74) is 0. The smallest absolute Gasteiger partial charge is 0.220 e. The van der Waals surface area contributed by atoms with Crippen LogP contribution in [0.3, 0.4) is 0 Å². The molecule has 0 aliphatic rings. The molecule has 108 valence electrons. The highest BCUT2D eigenvalue weighted by Crippen LogP contribution is 2.01. The van der Waals surface area contributed by atoms with Crippen molar-refractivity contribution in [3.05, 3.63) is 0 Å². The van der Waals surface area contributed by atoms with Crippen molar-refractivity contribution >= 4 is 5.91 Å². The summed E-state index contributed by atoms with van der Waals surface area (Å²) in [5.74, 6) is 0.110. The first-order chi connectivity index (χ1) is 8.63. The van der Waals surface area contributed by atoms with Crippen LogP contribution < -0.4 is 5.32 Å². The van der Waals surface area contributed by atoms with Crippen molar-refractivity contribution in [2.45, 2.75) is 58.9 Å². The molecule has 0 aromatic carbocycles. The molecule has 0 heterocycles. The molecular formula is C14H30N2O2. The monoisotopic (exact) mass is 258 g/mol. The van der Waals surface area contributed by atoms with Crippen molar-refractivity contribution < 1.29 is 9.90 Å². The highest BCUT2D eigenvalue weighted by molar-refractivity contribution is 5.76. The van der Waals surface area contributed by atoms with E-state index in [0.717, 1.165) is 38.9 Å². The minimum Gasteiger partial charge on any atom is -0.396 e. The van der Waals surface area contributed by atoms with Gasteiger partial charge in [-0.15, -0.1) is 0 Å². The SMILES string of the molecule is CCN(CC)CCCC(C)NC(=O)CCCCO. The Kier molecular flexibility index (Phi) is 11.1. The van der Waals surface area contributed by atoms with E-state index in [1.165, 1.54) is 0 Å². The molecule has 4 nitrogen and oxygen atoms in total. The number of amides is 1. The summed E-state index contributed by atoms with van der Waals surface area (Å²) in [7, 11) is 0. The van der Waals surface area contributed by atoms with Gasteiger partial charge in [-0.25, -0.2) is 0 Å². The number of aliphatic hydroxyl groups is 1. The molecule has 0 bridgehead atoms. The molecular weight excluding hydrogens is 228 g/mol. The Labute approximate surface area is 112 Å². The molecule has 0 aromatic heterocycles. The number of hydrogen-bond donors (Lipinski definition) is 2. The van der Waals surface area contributed by atoms with E-state index in [0.29, 0.717) is 12.8 Å². The maximum Gasteiger partial charge on any atom is 0.220 e. The first kappa shape index (κ1) is 17.4. The lowest BCUT2D eigenvalue weighted by Gasteiger charge is -2.19. The second kappa shape index (κ2) is 11.5. The average Bonchev–Trinajstić information content (AvgIpc) is 2.35. The fourth-order valence-corrected chi connectivity index (χ4v) is 1.98. The molecule has 0 aliphatic heterocycles. The highest BCUT2D eigenvalue weighted by Gasteiger charge is 2.07. The van der Waals surface area contributed by atoms with E-state index in [2.05, 4.69) is 31.0 Å². The van der Waals surface area contributed by atoms with Crippen molar-refractivity contribution in [2.24, 2.45) is 0 Å². The Balaban J connectivity index is 3.57. The largest absolute Gasteiger partial charge is 0.396 e. The fraction of sp³-hybridized carbons (Fsp3) is 0.929. The van der Waals surface area contributed by atoms with Gasteiger partial charge in [0.15, 0.2) is 0 Å². The van der Waals surface area contributed by atoms with Gasteiger partial charge in [-0.1, -0.05) is 13.8 Å². The minimum atomic E-state index is 0.110. The predicted molar refractivity (Wildman–Crippen MR) is 75.6 cm³/mol. The lowest BCUT2D eigenvalue weighted by atomic mass is 10.1. The number of nitrogens with zero attached hydrogens (tertiary/aromatic N) is 1. The van der Waals surface area contributed by atoms with Crippen LogP contribution in [0.15, 0.2) is 0 Å². The van der Waals surface area contributed by atoms with Gasteiger partial charge in [-0.05, 0) is 52.2 Å². The van der Waals surface area contributed by atoms with Crippen LogP contribution in [0.1, 0.15) is 52.9 Å². The second-order valence-corrected chi connectivity index (χ2v) is 4.82. The van der Waals surface area contributed by atoms with Gasteiger partial charge in [0, 0.05) is 19.1 Å². The van der Waals surface area contributed by atoms with Gasteiger partial charge in [0.2, 0.25) is 5.91 Å². The third-order valence-corrected chi connectivity index (χ3v) is 3.23. The van der Waals surface area contributed by atoms with Gasteiger partial charge >= 0.3 is 0 Å². The quantitative estimate of drug-likeness (QED) is 0.555. The first-order valence-electron chi connectivity index (χ1n) is 7.26. The maximum atomic E-state index is 11.5. The van der Waals surface area contributed by atoms with Gasteiger partial charge in [0.05, 0.1) is 0 Å². The number of unbranched alkanes of at least 4 members (excludes halogenated alkanes) is 1. The van der Waals surface area contributed by atoms with Crippen LogP contribution in [0.25, 0.3) is 0 Å². The summed E-state index contributed by atoms with van der Waals surface area (Å²) in [6.45, 7) is 9.89. The topological polar surface area (TPSA) is 52.6 Å². The van der Waals surface area contributed by atoms with Crippen LogP contribution in [0.5, 0.6) is 0 Å². The van der Waals surface area contributed by atoms with Crippen LogP contribution in [-0.4, -0.2) is 48.2 Å². The Morgan fingerprint density at radius 1 is 1.22 bits per heavy atom. The summed E-state index contributed by atoms with van der Waals surface area (Å²) in [6, 6.07) is 0.252. The summed E-state index contributed by atoms with van der Waals surface area (Å²) >= 11 is 0. The van der Waals surface area contributed by atoms with E-state index < -0.39 is 0 Å². The van der Waals surface area contributed by atoms with E-state index >= 15 is 0 Å². The number of rotatable bonds is 11. The van der Waals surface area contributed by atoms with Crippen molar-refractivity contribution in [1.82, 2.24) is 10.2 Å². The van der Waals surface area contributed by atoms with E-state index in [-0.39, 0.29) is 18.6 Å². The summed E-state index contributed by atoms with van der Waals surface area (Å²) < 4.78 is 0. The van der Waals surface area contributed by atoms with Gasteiger partial charge in [-0.2, -0.15) is 0 Å². The number of carbonyl (C=O) groups is 1. The zero-order valence-corrected chi connectivity index (χ0v) is 12.2. The minimum absolute atomic E-state index is 0.110. The molecule has 0 spiro atoms. The zero-order chi connectivity index (χ0) is 13.8. The van der Waals surface area contributed by atoms with Crippen molar-refractivity contribution in [3.8, 4) is 0 Å². The number of carbonyl (C=O) groups excluding carboxylic acids is 1. The Morgan fingerprint density at radius 3 is 2.44 bits per heavy atom. The van der Waals surface area contributed by atoms with Crippen molar-refractivity contribution in [2.75, 3.05) is 26.2 Å². The molecule has 0 aliphatic carbocycles. The average molecular weight is 258 g/mol. The molecule has 0 rings (SSSR count). The standard InChI is InChI=1S/C14H30N2O2/c1-4-16(5-2)11-8-9-13(3)15-14(18)10-6-7-12-17/h13,17H,4-12H2,1-3H3,(H,15,18). The van der Waals surface area contributed by atoms with E-state index in [4.69, 9.17) is 5.11 Å². The first-order valence-corrected chi connectivity index (χ1v) is 7.26. The Hall–Kier alpha value is -0.610. The Bertz CT molecular complexity index is 206. The molecule has 18 heavy (non-hydrogen) atoms. The molecule has 1 amide bonds. The molecule has 0 fully saturated rings. The summed E-state index contributed by atoms with van der Waals surface area (Å²) in [5, 5.41) is 11.6. The normalized spacial score (nSPS) is 12.7. The third-order valence-electron chi connectivity index (χ3n) is 3.23. The van der Waals surface area contributed by atoms with Crippen LogP contribution >= 0.6 is 0 Å². The maximum absolute atomic E-state index is 11.5. The summed E-state index contributed by atoms with van der Waals surface area (Å²) in [4.78, 5) is 13.9. The second-order valence-electron chi connectivity index (χ2n) is 4.82. The molecule has 0 saturated heterocycles. The lowest BCUT2D eigenvalue weighted by molar-refractivity contribution is -0.121. The molecule has 2 N–H and O–H groups in total. The van der Waals surface area contributed by atoms with Crippen LogP contribution in [0.4, 0.5) is 0 Å². The highest BCUT2D eigenvalue weighted by atomic mass is 16.2. The van der Waals surface area contributed by atoms with E-state index in [1.54, 1.807) is 0 Å². The van der Waals surface area contributed by atoms with Crippen molar-refractivity contribution in [1.29, 1.82) is 0 Å². The molecule has 1 atom stereocenters. The lowest BCUT2D eigenvalue weighted by Crippen LogP contribution is -2.33. The predicted octanol–water partition coefficient (Wildman–Crippen LogP) is 1.78. The van der Waals surface area contributed by atoms with Crippen molar-refractivity contribution in [3.63, 3.8) is 0 Å². The number of nitrogens with one attached hydrogen (secondary N) is 1. The van der Waals surface area contributed by atoms with E-state index in [1.807, 2.05) is 0 Å². The molecule has 0 radical (unpaired) electrons. The molecule has 0 aromatic rings. The molecule has 0 saturated carbocycles. The molecule has 4 heteroatoms. The van der Waals surface area contributed by atoms with Gasteiger partial charge in [0.25, 0.3) is 0 Å². The van der Waals surface area contributed by atoms with Gasteiger partial charge in [0.1, 0.15) is 0 Å². The fourth-order valence-electron chi connectivity index (χ4n) is 1.98. The van der Waals surface area contributed by atoms with Crippen LogP contribution in [0.2, 0.25) is 0 Å². The van der Waals surface area contributed by atoms with Crippen LogP contribution in [-0.2, 0) is 4.79 Å².